The summed E-state index contributed by atoms with van der Waals surface area (Å²) in [5.41, 5.74) is 0.826. The highest BCUT2D eigenvalue weighted by atomic mass is 16.3. The Labute approximate surface area is 148 Å². The number of aromatic amines is 1. The molecule has 6 nitrogen and oxygen atoms in total. The third kappa shape index (κ3) is 2.88. The molecule has 0 aliphatic carbocycles. The zero-order valence-corrected chi connectivity index (χ0v) is 13.7. The second kappa shape index (κ2) is 6.68. The average molecular weight is 345 g/mol. The Morgan fingerprint density at radius 1 is 1.00 bits per heavy atom. The first-order valence-corrected chi connectivity index (χ1v) is 8.10. The minimum Gasteiger partial charge on any atom is -0.467 e. The van der Waals surface area contributed by atoms with Gasteiger partial charge in [-0.2, -0.15) is 5.10 Å². The molecule has 0 fully saturated rings. The minimum absolute atomic E-state index is 0.184. The molecule has 2 heterocycles. The van der Waals surface area contributed by atoms with E-state index >= 15 is 0 Å². The van der Waals surface area contributed by atoms with Crippen molar-refractivity contribution >= 4 is 16.8 Å². The summed E-state index contributed by atoms with van der Waals surface area (Å²) in [6.45, 7) is 0. The minimum atomic E-state index is -0.567. The number of nitrogens with one attached hydrogen (secondary N) is 2. The Hall–Kier alpha value is -3.67. The molecule has 2 aromatic carbocycles. The summed E-state index contributed by atoms with van der Waals surface area (Å²) in [5.74, 6) is 0.00373. The van der Waals surface area contributed by atoms with Crippen LogP contribution >= 0.6 is 0 Å². The van der Waals surface area contributed by atoms with Crippen LogP contribution < -0.4 is 10.7 Å². The number of carbonyl (C=O) groups excluding carboxylic acids is 1. The predicted molar refractivity (Wildman–Crippen MR) is 96.8 cm³/mol. The maximum absolute atomic E-state index is 12.8. The van der Waals surface area contributed by atoms with Gasteiger partial charge in [0, 0.05) is 5.39 Å². The molecular weight excluding hydrogens is 330 g/mol. The molecule has 0 aliphatic heterocycles. The number of nitrogens with zero attached hydrogens (tertiary/aromatic N) is 1. The Kier molecular flexibility index (Phi) is 4.07. The number of para-hydroxylation sites is 1. The predicted octanol–water partition coefficient (Wildman–Crippen LogP) is 3.04. The largest absolute Gasteiger partial charge is 0.467 e. The van der Waals surface area contributed by atoms with Crippen molar-refractivity contribution in [2.24, 2.45) is 0 Å². The fourth-order valence-electron chi connectivity index (χ4n) is 2.85. The van der Waals surface area contributed by atoms with E-state index in [4.69, 9.17) is 4.42 Å². The first-order chi connectivity index (χ1) is 12.7. The van der Waals surface area contributed by atoms with Gasteiger partial charge < -0.3 is 9.73 Å². The highest BCUT2D eigenvalue weighted by molar-refractivity contribution is 5.95. The fraction of sp³-hybridized carbons (Fsp3) is 0.0500. The van der Waals surface area contributed by atoms with Gasteiger partial charge in [0.1, 0.15) is 11.8 Å². The van der Waals surface area contributed by atoms with Gasteiger partial charge in [0.15, 0.2) is 5.69 Å². The molecule has 2 N–H and O–H groups in total. The number of hydrogen-bond donors (Lipinski definition) is 2. The summed E-state index contributed by atoms with van der Waals surface area (Å²) in [4.78, 5) is 25.4. The van der Waals surface area contributed by atoms with E-state index in [9.17, 15) is 9.59 Å². The van der Waals surface area contributed by atoms with Crippen LogP contribution in [0.4, 0.5) is 0 Å². The summed E-state index contributed by atoms with van der Waals surface area (Å²) in [5, 5.41) is 9.97. The van der Waals surface area contributed by atoms with Crippen LogP contribution in [-0.2, 0) is 0 Å². The molecule has 0 spiro atoms. The molecule has 6 heteroatoms. The number of benzene rings is 2. The monoisotopic (exact) mass is 345 g/mol. The molecule has 0 bridgehead atoms. The lowest BCUT2D eigenvalue weighted by Gasteiger charge is -2.16. The van der Waals surface area contributed by atoms with Crippen molar-refractivity contribution in [2.75, 3.05) is 0 Å². The van der Waals surface area contributed by atoms with E-state index in [2.05, 4.69) is 15.5 Å². The Balaban J connectivity index is 1.72. The second-order valence-corrected chi connectivity index (χ2v) is 5.78. The van der Waals surface area contributed by atoms with Gasteiger partial charge in [0.05, 0.1) is 11.8 Å². The molecule has 4 rings (SSSR count). The van der Waals surface area contributed by atoms with E-state index in [0.717, 1.165) is 5.56 Å². The summed E-state index contributed by atoms with van der Waals surface area (Å²) in [6.07, 6.45) is 1.54. The lowest BCUT2D eigenvalue weighted by atomic mass is 10.0. The van der Waals surface area contributed by atoms with Crippen molar-refractivity contribution in [1.82, 2.24) is 15.5 Å². The number of hydrogen-bond acceptors (Lipinski definition) is 4. The average Bonchev–Trinajstić information content (AvgIpc) is 3.21. The van der Waals surface area contributed by atoms with Crippen LogP contribution in [0.3, 0.4) is 0 Å². The first-order valence-electron chi connectivity index (χ1n) is 8.10. The Morgan fingerprint density at radius 3 is 2.54 bits per heavy atom. The maximum atomic E-state index is 12.8. The molecule has 4 aromatic rings. The standard InChI is InChI=1S/C20H15N3O3/c24-19-14-9-4-5-10-15(14)22-23-18(19)20(25)21-17(16-11-6-12-26-16)13-7-2-1-3-8-13/h1-12,17H,(H,21,25)(H,22,24)/t17-/m0/s1. The van der Waals surface area contributed by atoms with E-state index in [1.54, 1.807) is 42.7 Å². The van der Waals surface area contributed by atoms with Crippen molar-refractivity contribution in [3.63, 3.8) is 0 Å². The quantitative estimate of drug-likeness (QED) is 0.595. The highest BCUT2D eigenvalue weighted by Crippen LogP contribution is 2.22. The van der Waals surface area contributed by atoms with Gasteiger partial charge in [-0.1, -0.05) is 42.5 Å². The van der Waals surface area contributed by atoms with Crippen LogP contribution in [0, 0.1) is 0 Å². The van der Waals surface area contributed by atoms with E-state index in [1.165, 1.54) is 0 Å². The Bertz CT molecular complexity index is 1100. The lowest BCUT2D eigenvalue weighted by molar-refractivity contribution is 0.0932. The zero-order valence-electron chi connectivity index (χ0n) is 13.7. The summed E-state index contributed by atoms with van der Waals surface area (Å²) >= 11 is 0. The zero-order chi connectivity index (χ0) is 17.9. The molecular formula is C20H15N3O3. The van der Waals surface area contributed by atoms with Crippen LogP contribution in [0.25, 0.3) is 10.9 Å². The summed E-state index contributed by atoms with van der Waals surface area (Å²) < 4.78 is 5.47. The molecule has 0 aliphatic rings. The van der Waals surface area contributed by atoms with Crippen molar-refractivity contribution in [1.29, 1.82) is 0 Å². The number of rotatable bonds is 4. The van der Waals surface area contributed by atoms with Gasteiger partial charge >= 0.3 is 0 Å². The molecule has 1 amide bonds. The number of H-pyrrole nitrogens is 1. The maximum Gasteiger partial charge on any atom is 0.276 e. The van der Waals surface area contributed by atoms with Crippen LogP contribution in [0.15, 0.2) is 82.2 Å². The van der Waals surface area contributed by atoms with Gasteiger partial charge in [0.25, 0.3) is 5.91 Å². The van der Waals surface area contributed by atoms with Crippen molar-refractivity contribution < 1.29 is 9.21 Å². The molecule has 2 aromatic heterocycles. The molecule has 0 saturated carbocycles. The van der Waals surface area contributed by atoms with Crippen molar-refractivity contribution in [3.05, 3.63) is 100 Å². The summed E-state index contributed by atoms with van der Waals surface area (Å²) in [7, 11) is 0. The van der Waals surface area contributed by atoms with Gasteiger partial charge in [0.2, 0.25) is 5.43 Å². The number of furan rings is 1. The molecule has 128 valence electrons. The highest BCUT2D eigenvalue weighted by Gasteiger charge is 2.23. The molecule has 0 unspecified atom stereocenters. The first kappa shape index (κ1) is 15.8. The number of amides is 1. The van der Waals surface area contributed by atoms with Gasteiger partial charge in [-0.25, -0.2) is 0 Å². The summed E-state index contributed by atoms with van der Waals surface area (Å²) in [6, 6.07) is 19.3. The Morgan fingerprint density at radius 2 is 1.77 bits per heavy atom. The van der Waals surface area contributed by atoms with E-state index in [-0.39, 0.29) is 5.69 Å². The van der Waals surface area contributed by atoms with E-state index in [0.29, 0.717) is 16.7 Å². The smallest absolute Gasteiger partial charge is 0.276 e. The van der Waals surface area contributed by atoms with Gasteiger partial charge in [-0.15, -0.1) is 0 Å². The van der Waals surface area contributed by atoms with Crippen LogP contribution in [0.2, 0.25) is 0 Å². The molecule has 0 saturated heterocycles. The third-order valence-electron chi connectivity index (χ3n) is 4.13. The molecule has 26 heavy (non-hydrogen) atoms. The van der Waals surface area contributed by atoms with Crippen LogP contribution in [-0.4, -0.2) is 16.1 Å². The van der Waals surface area contributed by atoms with Crippen LogP contribution in [0.5, 0.6) is 0 Å². The van der Waals surface area contributed by atoms with Gasteiger partial charge in [-0.3, -0.25) is 14.7 Å². The van der Waals surface area contributed by atoms with Gasteiger partial charge in [-0.05, 0) is 29.8 Å². The third-order valence-corrected chi connectivity index (χ3v) is 4.13. The molecule has 0 radical (unpaired) electrons. The number of fused-ring (bicyclic) bond motifs is 1. The van der Waals surface area contributed by atoms with Crippen molar-refractivity contribution in [3.8, 4) is 0 Å². The fourth-order valence-corrected chi connectivity index (χ4v) is 2.85. The number of carbonyl (C=O) groups is 1. The topological polar surface area (TPSA) is 88.0 Å². The van der Waals surface area contributed by atoms with Crippen molar-refractivity contribution in [2.45, 2.75) is 6.04 Å². The SMILES string of the molecule is O=C(N[C@@H](c1ccccc1)c1ccco1)c1n[nH]c2ccccc2c1=O. The van der Waals surface area contributed by atoms with E-state index in [1.807, 2.05) is 30.3 Å². The molecule has 1 atom stereocenters. The number of aromatic nitrogens is 2. The second-order valence-electron chi connectivity index (χ2n) is 5.78. The van der Waals surface area contributed by atoms with E-state index < -0.39 is 17.4 Å². The van der Waals surface area contributed by atoms with Crippen LogP contribution in [0.1, 0.15) is 27.9 Å². The lowest BCUT2D eigenvalue weighted by Crippen LogP contribution is -2.34. The normalized spacial score (nSPS) is 12.0.